The summed E-state index contributed by atoms with van der Waals surface area (Å²) in [7, 11) is 1.49. The first-order valence-electron chi connectivity index (χ1n) is 8.33. The van der Waals surface area contributed by atoms with Crippen LogP contribution in [-0.2, 0) is 0 Å². The number of nitrogens with one attached hydrogen (secondary N) is 1. The van der Waals surface area contributed by atoms with Crippen LogP contribution in [0.4, 0.5) is 5.69 Å². The number of aromatic hydroxyl groups is 1. The Hall–Kier alpha value is -3.23. The number of hydrogen-bond acceptors (Lipinski definition) is 6. The summed E-state index contributed by atoms with van der Waals surface area (Å²) in [5, 5.41) is 10.6. The quantitative estimate of drug-likeness (QED) is 0.616. The molecular weight excluding hydrogens is 394 g/mol. The maximum atomic E-state index is 12.6. The predicted molar refractivity (Wildman–Crippen MR) is 114 cm³/mol. The van der Waals surface area contributed by atoms with Gasteiger partial charge >= 0.3 is 0 Å². The van der Waals surface area contributed by atoms with E-state index in [1.165, 1.54) is 23.1 Å². The van der Waals surface area contributed by atoms with Crippen molar-refractivity contribution in [3.05, 3.63) is 68.5 Å². The molecule has 0 atom stereocenters. The Morgan fingerprint density at radius 1 is 1.25 bits per heavy atom. The van der Waals surface area contributed by atoms with Crippen molar-refractivity contribution in [2.75, 3.05) is 12.5 Å². The van der Waals surface area contributed by atoms with E-state index in [9.17, 15) is 9.90 Å². The molecule has 1 aliphatic rings. The number of carbonyl (C=O) groups is 1. The zero-order valence-electron chi connectivity index (χ0n) is 14.7. The third-order valence-corrected chi connectivity index (χ3v) is 5.53. The van der Waals surface area contributed by atoms with Gasteiger partial charge < -0.3 is 9.84 Å². The van der Waals surface area contributed by atoms with Gasteiger partial charge in [-0.05, 0) is 36.5 Å². The number of thiazole rings is 1. The van der Waals surface area contributed by atoms with E-state index in [-0.39, 0.29) is 5.88 Å². The summed E-state index contributed by atoms with van der Waals surface area (Å²) in [6.45, 7) is 0. The van der Waals surface area contributed by atoms with Gasteiger partial charge in [0.25, 0.3) is 5.91 Å². The number of amides is 1. The monoisotopic (exact) mass is 409 g/mol. The van der Waals surface area contributed by atoms with Crippen molar-refractivity contribution in [2.24, 2.45) is 4.99 Å². The average molecular weight is 409 g/mol. The number of aromatic nitrogens is 1. The summed E-state index contributed by atoms with van der Waals surface area (Å²) in [5.41, 5.74) is 5.69. The molecule has 0 bridgehead atoms. The summed E-state index contributed by atoms with van der Waals surface area (Å²) in [5.74, 6) is -0.139. The molecule has 28 heavy (non-hydrogen) atoms. The van der Waals surface area contributed by atoms with Crippen LogP contribution in [0.2, 0.25) is 0 Å². The molecule has 6 nitrogen and oxygen atoms in total. The summed E-state index contributed by atoms with van der Waals surface area (Å²) in [4.78, 5) is 17.5. The highest BCUT2D eigenvalue weighted by atomic mass is 32.1. The van der Waals surface area contributed by atoms with Crippen LogP contribution < -0.4 is 10.2 Å². The van der Waals surface area contributed by atoms with Crippen LogP contribution in [-0.4, -0.2) is 29.0 Å². The number of methoxy groups -OCH3 is 1. The van der Waals surface area contributed by atoms with Crippen LogP contribution in [0.1, 0.15) is 20.8 Å². The van der Waals surface area contributed by atoms with Gasteiger partial charge in [-0.1, -0.05) is 41.7 Å². The zero-order valence-corrected chi connectivity index (χ0v) is 16.4. The van der Waals surface area contributed by atoms with Gasteiger partial charge in [0.05, 0.1) is 23.2 Å². The van der Waals surface area contributed by atoms with E-state index in [0.717, 1.165) is 16.8 Å². The minimum absolute atomic E-state index is 0.136. The van der Waals surface area contributed by atoms with Crippen molar-refractivity contribution in [2.45, 2.75) is 0 Å². The van der Waals surface area contributed by atoms with Gasteiger partial charge in [-0.25, -0.2) is 0 Å². The second-order valence-corrected chi connectivity index (χ2v) is 7.58. The number of para-hydroxylation sites is 2. The molecular formula is C20H15N3O3S2. The summed E-state index contributed by atoms with van der Waals surface area (Å²) in [6, 6.07) is 14.6. The first kappa shape index (κ1) is 18.1. The van der Waals surface area contributed by atoms with Gasteiger partial charge in [0.2, 0.25) is 5.88 Å². The number of rotatable bonds is 4. The fourth-order valence-electron chi connectivity index (χ4n) is 2.86. The lowest BCUT2D eigenvalue weighted by Crippen LogP contribution is -2.23. The SMILES string of the molecule is COc1ccccc1C(=O)Nn1c(O)c(C=C2C=Nc3ccccc32)sc1=S. The Labute approximate surface area is 170 Å². The molecule has 0 spiro atoms. The third kappa shape index (κ3) is 3.23. The number of hydrogen-bond donors (Lipinski definition) is 2. The fourth-order valence-corrected chi connectivity index (χ4v) is 4.05. The molecule has 4 rings (SSSR count). The highest BCUT2D eigenvalue weighted by Crippen LogP contribution is 2.35. The molecule has 1 aliphatic heterocycles. The lowest BCUT2D eigenvalue weighted by Gasteiger charge is -2.10. The molecule has 2 N–H and O–H groups in total. The zero-order chi connectivity index (χ0) is 19.7. The largest absolute Gasteiger partial charge is 0.496 e. The minimum Gasteiger partial charge on any atom is -0.496 e. The van der Waals surface area contributed by atoms with Crippen molar-refractivity contribution >= 4 is 53.0 Å². The van der Waals surface area contributed by atoms with Gasteiger partial charge in [0, 0.05) is 17.4 Å². The number of ether oxygens (including phenoxy) is 1. The van der Waals surface area contributed by atoms with Crippen molar-refractivity contribution in [1.82, 2.24) is 4.68 Å². The molecule has 0 fully saturated rings. The van der Waals surface area contributed by atoms with Crippen molar-refractivity contribution in [3.63, 3.8) is 0 Å². The standard InChI is InChI=1S/C20H15N3O3S2/c1-26-16-9-5-3-7-14(16)18(24)22-23-19(25)17(28-20(23)27)10-12-11-21-15-8-4-2-6-13(12)15/h2-11,25H,1H3,(H,22,24). The van der Waals surface area contributed by atoms with E-state index < -0.39 is 5.91 Å². The Morgan fingerprint density at radius 3 is 2.82 bits per heavy atom. The molecule has 0 saturated heterocycles. The molecule has 0 unspecified atom stereocenters. The molecule has 0 saturated carbocycles. The predicted octanol–water partition coefficient (Wildman–Crippen LogP) is 4.63. The number of allylic oxidation sites excluding steroid dienone is 1. The van der Waals surface area contributed by atoms with Crippen molar-refractivity contribution in [1.29, 1.82) is 0 Å². The summed E-state index contributed by atoms with van der Waals surface area (Å²) < 4.78 is 6.72. The van der Waals surface area contributed by atoms with Crippen LogP contribution in [0.15, 0.2) is 53.5 Å². The van der Waals surface area contributed by atoms with Crippen LogP contribution in [0.25, 0.3) is 11.6 Å². The number of carbonyl (C=O) groups excluding carboxylic acids is 1. The molecule has 3 aromatic rings. The normalized spacial score (nSPS) is 13.5. The van der Waals surface area contributed by atoms with Crippen LogP contribution in [0.3, 0.4) is 0 Å². The van der Waals surface area contributed by atoms with E-state index in [1.807, 2.05) is 24.3 Å². The number of fused-ring (bicyclic) bond motifs is 1. The molecule has 2 heterocycles. The van der Waals surface area contributed by atoms with E-state index in [4.69, 9.17) is 17.0 Å². The fraction of sp³-hybridized carbons (Fsp3) is 0.0500. The van der Waals surface area contributed by atoms with Crippen LogP contribution >= 0.6 is 23.6 Å². The number of benzene rings is 2. The first-order chi connectivity index (χ1) is 13.6. The highest BCUT2D eigenvalue weighted by molar-refractivity contribution is 7.73. The molecule has 2 aromatic carbocycles. The maximum Gasteiger partial charge on any atom is 0.274 e. The van der Waals surface area contributed by atoms with Gasteiger partial charge in [-0.3, -0.25) is 15.2 Å². The Balaban J connectivity index is 1.66. The third-order valence-electron chi connectivity index (χ3n) is 4.22. The van der Waals surface area contributed by atoms with Gasteiger partial charge in [-0.15, -0.1) is 0 Å². The van der Waals surface area contributed by atoms with Crippen molar-refractivity contribution in [3.8, 4) is 11.6 Å². The smallest absolute Gasteiger partial charge is 0.274 e. The lowest BCUT2D eigenvalue weighted by molar-refractivity contribution is 0.100. The molecule has 1 amide bonds. The number of nitrogens with zero attached hydrogens (tertiary/aromatic N) is 2. The Kier molecular flexibility index (Phi) is 4.81. The van der Waals surface area contributed by atoms with Gasteiger partial charge in [0.1, 0.15) is 5.75 Å². The Bertz CT molecular complexity index is 1190. The maximum absolute atomic E-state index is 12.6. The van der Waals surface area contributed by atoms with E-state index in [1.54, 1.807) is 36.6 Å². The van der Waals surface area contributed by atoms with Crippen LogP contribution in [0, 0.1) is 3.95 Å². The topological polar surface area (TPSA) is 75.8 Å². The average Bonchev–Trinajstić information content (AvgIpc) is 3.24. The van der Waals surface area contributed by atoms with Gasteiger partial charge in [0.15, 0.2) is 3.95 Å². The van der Waals surface area contributed by atoms with Crippen LogP contribution in [0.5, 0.6) is 11.6 Å². The highest BCUT2D eigenvalue weighted by Gasteiger charge is 2.18. The summed E-state index contributed by atoms with van der Waals surface area (Å²) >= 11 is 6.51. The lowest BCUT2D eigenvalue weighted by atomic mass is 10.1. The molecule has 0 aliphatic carbocycles. The summed E-state index contributed by atoms with van der Waals surface area (Å²) in [6.07, 6.45) is 3.54. The van der Waals surface area contributed by atoms with E-state index in [2.05, 4.69) is 10.4 Å². The van der Waals surface area contributed by atoms with Crippen molar-refractivity contribution < 1.29 is 14.6 Å². The Morgan fingerprint density at radius 2 is 2.00 bits per heavy atom. The van der Waals surface area contributed by atoms with E-state index >= 15 is 0 Å². The second-order valence-electron chi connectivity index (χ2n) is 5.91. The first-order valence-corrected chi connectivity index (χ1v) is 9.55. The molecule has 140 valence electrons. The molecule has 1 aromatic heterocycles. The van der Waals surface area contributed by atoms with Gasteiger partial charge in [-0.2, -0.15) is 4.68 Å². The van der Waals surface area contributed by atoms with E-state index in [0.29, 0.717) is 20.1 Å². The molecule has 8 heteroatoms. The number of aliphatic imine (C=N–C) groups is 1. The minimum atomic E-state index is -0.436. The second kappa shape index (κ2) is 7.41. The molecule has 0 radical (unpaired) electrons.